The molecule has 0 radical (unpaired) electrons. The minimum Gasteiger partial charge on any atom is -0.393 e. The van der Waals surface area contributed by atoms with Gasteiger partial charge in [0.2, 0.25) is 0 Å². The molecule has 0 aliphatic heterocycles. The summed E-state index contributed by atoms with van der Waals surface area (Å²) in [6.45, 7) is 1.96. The van der Waals surface area contributed by atoms with Crippen LogP contribution in [0.4, 0.5) is 0 Å². The third kappa shape index (κ3) is 5.05. The van der Waals surface area contributed by atoms with E-state index in [0.717, 1.165) is 30.4 Å². The van der Waals surface area contributed by atoms with Gasteiger partial charge in [0.05, 0.1) is 4.99 Å². The van der Waals surface area contributed by atoms with E-state index in [2.05, 4.69) is 46.1 Å². The van der Waals surface area contributed by atoms with Gasteiger partial charge >= 0.3 is 0 Å². The molecule has 88 valence electrons. The average Bonchev–Trinajstić information content (AvgIpc) is 2.21. The van der Waals surface area contributed by atoms with Gasteiger partial charge in [0, 0.05) is 11.0 Å². The molecule has 0 aromatic heterocycles. The Morgan fingerprint density at radius 2 is 2.12 bits per heavy atom. The van der Waals surface area contributed by atoms with E-state index in [1.54, 1.807) is 0 Å². The van der Waals surface area contributed by atoms with E-state index in [1.807, 2.05) is 6.07 Å². The Kier molecular flexibility index (Phi) is 5.95. The fraction of sp³-hybridized carbons (Fsp3) is 0.417. The lowest BCUT2D eigenvalue weighted by atomic mass is 10.2. The summed E-state index contributed by atoms with van der Waals surface area (Å²) in [5.41, 5.74) is 6.77. The molecule has 0 heterocycles. The standard InChI is InChI=1S/C12H17BrN2S/c1-15(8-4-7-12(14)16)9-10-5-2-3-6-11(10)13/h2-3,5-6H,4,7-9H2,1H3,(H2,14,16). The maximum atomic E-state index is 5.46. The summed E-state index contributed by atoms with van der Waals surface area (Å²) in [7, 11) is 2.11. The number of halogens is 1. The van der Waals surface area contributed by atoms with Crippen LogP contribution >= 0.6 is 28.1 Å². The number of hydrogen-bond donors (Lipinski definition) is 1. The van der Waals surface area contributed by atoms with Crippen LogP contribution in [0.1, 0.15) is 18.4 Å². The Morgan fingerprint density at radius 3 is 2.75 bits per heavy atom. The van der Waals surface area contributed by atoms with Crippen LogP contribution in [-0.4, -0.2) is 23.5 Å². The molecule has 0 saturated heterocycles. The summed E-state index contributed by atoms with van der Waals surface area (Å²) in [5.74, 6) is 0. The molecule has 2 nitrogen and oxygen atoms in total. The van der Waals surface area contributed by atoms with Crippen molar-refractivity contribution in [3.8, 4) is 0 Å². The van der Waals surface area contributed by atoms with Crippen molar-refractivity contribution < 1.29 is 0 Å². The van der Waals surface area contributed by atoms with Crippen molar-refractivity contribution in [2.24, 2.45) is 5.73 Å². The van der Waals surface area contributed by atoms with Gasteiger partial charge in [-0.15, -0.1) is 0 Å². The first-order valence-corrected chi connectivity index (χ1v) is 6.50. The summed E-state index contributed by atoms with van der Waals surface area (Å²) in [4.78, 5) is 2.88. The number of hydrogen-bond acceptors (Lipinski definition) is 2. The zero-order valence-electron chi connectivity index (χ0n) is 9.45. The lowest BCUT2D eigenvalue weighted by Crippen LogP contribution is -2.20. The highest BCUT2D eigenvalue weighted by Crippen LogP contribution is 2.17. The summed E-state index contributed by atoms with van der Waals surface area (Å²) >= 11 is 8.40. The smallest absolute Gasteiger partial charge is 0.0727 e. The molecule has 1 rings (SSSR count). The zero-order chi connectivity index (χ0) is 12.0. The molecule has 0 fully saturated rings. The van der Waals surface area contributed by atoms with Crippen LogP contribution in [0.5, 0.6) is 0 Å². The van der Waals surface area contributed by atoms with Crippen LogP contribution in [-0.2, 0) is 6.54 Å². The van der Waals surface area contributed by atoms with Gasteiger partial charge in [-0.1, -0.05) is 46.3 Å². The molecule has 0 aliphatic carbocycles. The van der Waals surface area contributed by atoms with E-state index in [1.165, 1.54) is 5.56 Å². The lowest BCUT2D eigenvalue weighted by Gasteiger charge is -2.17. The van der Waals surface area contributed by atoms with Crippen molar-refractivity contribution in [3.05, 3.63) is 34.3 Å². The minimum atomic E-state index is 0.606. The maximum Gasteiger partial charge on any atom is 0.0727 e. The SMILES string of the molecule is CN(CCCC(N)=S)Cc1ccccc1Br. The Morgan fingerprint density at radius 1 is 1.44 bits per heavy atom. The van der Waals surface area contributed by atoms with Crippen LogP contribution in [0.15, 0.2) is 28.7 Å². The molecule has 16 heavy (non-hydrogen) atoms. The van der Waals surface area contributed by atoms with Gasteiger partial charge < -0.3 is 10.6 Å². The van der Waals surface area contributed by atoms with Gasteiger partial charge in [-0.05, 0) is 38.1 Å². The summed E-state index contributed by atoms with van der Waals surface area (Å²) in [6, 6.07) is 8.29. The second kappa shape index (κ2) is 6.99. The van der Waals surface area contributed by atoms with E-state index in [9.17, 15) is 0 Å². The molecule has 4 heteroatoms. The fourth-order valence-corrected chi connectivity index (χ4v) is 2.07. The van der Waals surface area contributed by atoms with Crippen molar-refractivity contribution in [1.29, 1.82) is 0 Å². The first kappa shape index (κ1) is 13.6. The highest BCUT2D eigenvalue weighted by molar-refractivity contribution is 9.10. The first-order chi connectivity index (χ1) is 7.59. The van der Waals surface area contributed by atoms with Crippen LogP contribution in [0.2, 0.25) is 0 Å². The molecule has 0 saturated carbocycles. The van der Waals surface area contributed by atoms with Gasteiger partial charge in [-0.25, -0.2) is 0 Å². The molecule has 0 spiro atoms. The van der Waals surface area contributed by atoms with Crippen LogP contribution < -0.4 is 5.73 Å². The molecule has 2 N–H and O–H groups in total. The van der Waals surface area contributed by atoms with E-state index < -0.39 is 0 Å². The Hall–Kier alpha value is -0.450. The second-order valence-electron chi connectivity index (χ2n) is 3.90. The summed E-state index contributed by atoms with van der Waals surface area (Å²) in [6.07, 6.45) is 1.85. The Bertz CT molecular complexity index is 355. The predicted octanol–water partition coefficient (Wildman–Crippen LogP) is 2.95. The number of rotatable bonds is 6. The van der Waals surface area contributed by atoms with Crippen molar-refractivity contribution in [3.63, 3.8) is 0 Å². The van der Waals surface area contributed by atoms with Crippen LogP contribution in [0, 0.1) is 0 Å². The topological polar surface area (TPSA) is 29.3 Å². The van der Waals surface area contributed by atoms with E-state index in [0.29, 0.717) is 4.99 Å². The van der Waals surface area contributed by atoms with Crippen molar-refractivity contribution in [2.75, 3.05) is 13.6 Å². The van der Waals surface area contributed by atoms with Gasteiger partial charge in [0.1, 0.15) is 0 Å². The molecule has 0 amide bonds. The van der Waals surface area contributed by atoms with E-state index >= 15 is 0 Å². The number of thiocarbonyl (C=S) groups is 1. The van der Waals surface area contributed by atoms with Crippen LogP contribution in [0.25, 0.3) is 0 Å². The van der Waals surface area contributed by atoms with Crippen LogP contribution in [0.3, 0.4) is 0 Å². The summed E-state index contributed by atoms with van der Waals surface area (Å²) < 4.78 is 1.16. The molecule has 0 unspecified atom stereocenters. The quantitative estimate of drug-likeness (QED) is 0.819. The minimum absolute atomic E-state index is 0.606. The Balaban J connectivity index is 2.37. The largest absolute Gasteiger partial charge is 0.393 e. The van der Waals surface area contributed by atoms with Gasteiger partial charge in [0.25, 0.3) is 0 Å². The maximum absolute atomic E-state index is 5.46. The Labute approximate surface area is 111 Å². The molecule has 1 aromatic carbocycles. The molecule has 0 bridgehead atoms. The predicted molar refractivity (Wildman–Crippen MR) is 76.5 cm³/mol. The normalized spacial score (nSPS) is 10.7. The third-order valence-electron chi connectivity index (χ3n) is 2.36. The molecule has 0 aliphatic rings. The molecular formula is C12H17BrN2S. The van der Waals surface area contributed by atoms with Crippen molar-refractivity contribution in [1.82, 2.24) is 4.90 Å². The number of nitrogens with two attached hydrogens (primary N) is 1. The average molecular weight is 301 g/mol. The number of benzene rings is 1. The summed E-state index contributed by atoms with van der Waals surface area (Å²) in [5, 5.41) is 0. The fourth-order valence-electron chi connectivity index (χ4n) is 1.52. The number of nitrogens with zero attached hydrogens (tertiary/aromatic N) is 1. The highest BCUT2D eigenvalue weighted by atomic mass is 79.9. The van der Waals surface area contributed by atoms with Gasteiger partial charge in [0.15, 0.2) is 0 Å². The second-order valence-corrected chi connectivity index (χ2v) is 5.28. The molecule has 1 aromatic rings. The first-order valence-electron chi connectivity index (χ1n) is 5.30. The molecule has 0 atom stereocenters. The van der Waals surface area contributed by atoms with Crippen molar-refractivity contribution >= 4 is 33.1 Å². The lowest BCUT2D eigenvalue weighted by molar-refractivity contribution is 0.324. The highest BCUT2D eigenvalue weighted by Gasteiger charge is 2.03. The third-order valence-corrected chi connectivity index (χ3v) is 3.34. The van der Waals surface area contributed by atoms with Crippen molar-refractivity contribution in [2.45, 2.75) is 19.4 Å². The van der Waals surface area contributed by atoms with E-state index in [-0.39, 0.29) is 0 Å². The zero-order valence-corrected chi connectivity index (χ0v) is 11.9. The monoisotopic (exact) mass is 300 g/mol. The van der Waals surface area contributed by atoms with Gasteiger partial charge in [-0.2, -0.15) is 0 Å². The van der Waals surface area contributed by atoms with E-state index in [4.69, 9.17) is 18.0 Å². The van der Waals surface area contributed by atoms with Gasteiger partial charge in [-0.3, -0.25) is 0 Å². The molecular weight excluding hydrogens is 284 g/mol.